The van der Waals surface area contributed by atoms with Gasteiger partial charge in [-0.2, -0.15) is 11.8 Å². The van der Waals surface area contributed by atoms with Crippen LogP contribution in [0, 0.1) is 11.8 Å². The van der Waals surface area contributed by atoms with Gasteiger partial charge in [0, 0.05) is 42.7 Å². The summed E-state index contributed by atoms with van der Waals surface area (Å²) in [7, 11) is 0. The first kappa shape index (κ1) is 50.2. The van der Waals surface area contributed by atoms with Gasteiger partial charge in [-0.25, -0.2) is 10.3 Å². The Labute approximate surface area is 358 Å². The van der Waals surface area contributed by atoms with Gasteiger partial charge in [-0.3, -0.25) is 48.4 Å². The highest BCUT2D eigenvalue weighted by atomic mass is 32.2. The quantitative estimate of drug-likeness (QED) is 0.0177. The van der Waals surface area contributed by atoms with Crippen LogP contribution in [0.3, 0.4) is 0 Å². The number of fused-ring (bicyclic) bond motifs is 1. The van der Waals surface area contributed by atoms with Crippen molar-refractivity contribution in [3.63, 3.8) is 0 Å². The molecule has 61 heavy (non-hydrogen) atoms. The van der Waals surface area contributed by atoms with E-state index in [1.165, 1.54) is 12.4 Å². The maximum Gasteiger partial charge on any atom is 0.315 e. The fourth-order valence-corrected chi connectivity index (χ4v) is 9.16. The maximum absolute atomic E-state index is 13.2. The summed E-state index contributed by atoms with van der Waals surface area (Å²) in [6, 6.07) is -3.38. The van der Waals surface area contributed by atoms with Crippen molar-refractivity contribution in [3.8, 4) is 0 Å². The summed E-state index contributed by atoms with van der Waals surface area (Å²) in [5.41, 5.74) is 12.2. The number of unbranched alkanes of at least 4 members (excludes halogenated alkanes) is 2. The van der Waals surface area contributed by atoms with E-state index in [9.17, 15) is 47.9 Å². The number of primary amides is 2. The van der Waals surface area contributed by atoms with E-state index in [0.717, 1.165) is 44.3 Å². The fraction of sp³-hybridized carbons (Fsp3) is 0.737. The van der Waals surface area contributed by atoms with Crippen molar-refractivity contribution >= 4 is 71.0 Å². The van der Waals surface area contributed by atoms with Gasteiger partial charge in [0.05, 0.1) is 25.2 Å². The molecule has 3 aliphatic rings. The molecule has 0 radical (unpaired) electrons. The Balaban J connectivity index is 1.34. The van der Waals surface area contributed by atoms with Gasteiger partial charge < -0.3 is 54.0 Å². The van der Waals surface area contributed by atoms with Gasteiger partial charge in [0.1, 0.15) is 18.1 Å². The molecule has 0 aromatic rings. The van der Waals surface area contributed by atoms with Gasteiger partial charge >= 0.3 is 6.03 Å². The van der Waals surface area contributed by atoms with Crippen molar-refractivity contribution in [3.05, 3.63) is 0 Å². The predicted molar refractivity (Wildman–Crippen MR) is 221 cm³/mol. The maximum atomic E-state index is 13.2. The molecule has 1 unspecified atom stereocenters. The zero-order valence-corrected chi connectivity index (χ0v) is 35.5. The number of amides is 11. The lowest BCUT2D eigenvalue weighted by Crippen LogP contribution is -2.55. The zero-order valence-electron chi connectivity index (χ0n) is 34.6. The smallest absolute Gasteiger partial charge is 0.315 e. The van der Waals surface area contributed by atoms with Crippen molar-refractivity contribution < 1.29 is 53.2 Å². The van der Waals surface area contributed by atoms with Gasteiger partial charge in [0.2, 0.25) is 53.2 Å². The van der Waals surface area contributed by atoms with Crippen molar-refractivity contribution in [2.75, 3.05) is 25.4 Å². The number of carbonyl (C=O) groups is 10. The molecule has 1 saturated carbocycles. The molecule has 23 heteroatoms. The second kappa shape index (κ2) is 26.2. The molecule has 22 nitrogen and oxygen atoms in total. The lowest BCUT2D eigenvalue weighted by atomic mass is 9.78. The van der Waals surface area contributed by atoms with Crippen LogP contribution < -0.4 is 59.5 Å². The molecule has 0 bridgehead atoms. The Bertz CT molecular complexity index is 1580. The normalized spacial score (nSPS) is 20.2. The van der Waals surface area contributed by atoms with Crippen LogP contribution in [0.1, 0.15) is 103 Å². The first-order valence-corrected chi connectivity index (χ1v) is 22.0. The number of rotatable bonds is 27. The molecule has 2 heterocycles. The highest BCUT2D eigenvalue weighted by Crippen LogP contribution is 2.33. The molecule has 0 aromatic heterocycles. The highest BCUT2D eigenvalue weighted by molar-refractivity contribution is 8.00. The van der Waals surface area contributed by atoms with Crippen LogP contribution in [0.15, 0.2) is 0 Å². The van der Waals surface area contributed by atoms with Gasteiger partial charge in [0.25, 0.3) is 0 Å². The summed E-state index contributed by atoms with van der Waals surface area (Å²) in [5.74, 6) is -6.15. The Hall–Kier alpha value is -5.19. The number of thioether (sulfide) groups is 1. The van der Waals surface area contributed by atoms with Gasteiger partial charge in [-0.05, 0) is 64.2 Å². The third-order valence-electron chi connectivity index (χ3n) is 11.0. The molecule has 14 N–H and O–H groups in total. The van der Waals surface area contributed by atoms with Crippen LogP contribution in [0.4, 0.5) is 4.79 Å². The van der Waals surface area contributed by atoms with Crippen molar-refractivity contribution in [1.29, 1.82) is 0 Å². The minimum absolute atomic E-state index is 0.0895. The van der Waals surface area contributed by atoms with Crippen LogP contribution >= 0.6 is 11.8 Å². The van der Waals surface area contributed by atoms with Gasteiger partial charge in [-0.15, -0.1) is 0 Å². The average molecular weight is 882 g/mol. The summed E-state index contributed by atoms with van der Waals surface area (Å²) in [4.78, 5) is 124. The van der Waals surface area contributed by atoms with Crippen LogP contribution in [-0.4, -0.2) is 125 Å². The summed E-state index contributed by atoms with van der Waals surface area (Å²) in [6.45, 7) is 0.563. The van der Waals surface area contributed by atoms with Gasteiger partial charge in [0.15, 0.2) is 0 Å². The standard InChI is InChI=1S/C38H63N11O11S/c1-21(44-36(57)23(17-30(52)49-60)22-9-3-2-4-10-22)35(56)46-25(14-15-28(39)50)37(58)43-18-31(53)42-19-32(54)45-24(34(40)55)11-7-8-16-41-29(51)13-6-5-12-27-33-26(20-61-27)47-38(59)48-33/h21-27,33,60H,2-20H2,1H3,(H2,39,50)(H2,40,55)(H,41,51)(H,42,53)(H,43,58)(H,44,57)(H,45,54)(H,46,56)(H,49,52)(H2,47,48,59)/t21-,23?,24-,25-,26-,27-,33-/m0/s1. The molecule has 342 valence electrons. The van der Waals surface area contributed by atoms with Crippen LogP contribution in [0.5, 0.6) is 0 Å². The number of carbonyl (C=O) groups excluding carboxylic acids is 10. The first-order chi connectivity index (χ1) is 29.1. The second-order valence-corrected chi connectivity index (χ2v) is 17.0. The number of urea groups is 1. The first-order valence-electron chi connectivity index (χ1n) is 21.0. The number of hydrogen-bond acceptors (Lipinski definition) is 12. The zero-order chi connectivity index (χ0) is 44.9. The molecule has 2 saturated heterocycles. The van der Waals surface area contributed by atoms with E-state index in [2.05, 4.69) is 42.5 Å². The van der Waals surface area contributed by atoms with E-state index in [-0.39, 0.29) is 55.6 Å². The second-order valence-electron chi connectivity index (χ2n) is 15.8. The SMILES string of the molecule is C[C@H](NC(=O)C(CC(=O)NO)C1CCCCC1)C(=O)N[C@@H](CCC(N)=O)C(=O)NCC(=O)NCC(=O)N[C@@H](CCCCNC(=O)CCCC[C@@H]1SC[C@@H]2NC(=O)N[C@@H]21)C(N)=O. The largest absolute Gasteiger partial charge is 0.370 e. The number of nitrogens with two attached hydrogens (primary N) is 2. The van der Waals surface area contributed by atoms with Gasteiger partial charge in [-0.1, -0.05) is 25.7 Å². The fourth-order valence-electron chi connectivity index (χ4n) is 7.62. The van der Waals surface area contributed by atoms with Crippen molar-refractivity contribution in [1.82, 2.24) is 48.0 Å². The molecular formula is C38H63N11O11S. The number of hydroxylamine groups is 1. The average Bonchev–Trinajstić information content (AvgIpc) is 3.79. The van der Waals surface area contributed by atoms with E-state index in [1.807, 2.05) is 11.8 Å². The summed E-state index contributed by atoms with van der Waals surface area (Å²) >= 11 is 1.83. The van der Waals surface area contributed by atoms with Crippen molar-refractivity contribution in [2.45, 2.75) is 139 Å². The monoisotopic (exact) mass is 881 g/mol. The van der Waals surface area contributed by atoms with Crippen LogP contribution in [0.2, 0.25) is 0 Å². The lowest BCUT2D eigenvalue weighted by molar-refractivity contribution is -0.138. The Morgan fingerprint density at radius 1 is 0.738 bits per heavy atom. The topological polar surface area (TPSA) is 351 Å². The molecule has 7 atom stereocenters. The molecule has 3 rings (SSSR count). The Kier molecular flexibility index (Phi) is 21.6. The van der Waals surface area contributed by atoms with E-state index < -0.39 is 84.4 Å². The van der Waals surface area contributed by atoms with E-state index in [1.54, 1.807) is 0 Å². The number of hydrogen-bond donors (Lipinski definition) is 12. The predicted octanol–water partition coefficient (Wildman–Crippen LogP) is -2.45. The summed E-state index contributed by atoms with van der Waals surface area (Å²) < 4.78 is 0. The summed E-state index contributed by atoms with van der Waals surface area (Å²) in [5, 5.41) is 30.2. The van der Waals surface area contributed by atoms with E-state index >= 15 is 0 Å². The number of nitrogens with one attached hydrogen (secondary N) is 9. The van der Waals surface area contributed by atoms with Crippen LogP contribution in [0.25, 0.3) is 0 Å². The molecule has 11 amide bonds. The third kappa shape index (κ3) is 18.1. The Morgan fingerprint density at radius 2 is 1.46 bits per heavy atom. The van der Waals surface area contributed by atoms with Crippen LogP contribution in [-0.2, 0) is 43.2 Å². The minimum atomic E-state index is -1.34. The van der Waals surface area contributed by atoms with E-state index in [4.69, 9.17) is 16.7 Å². The van der Waals surface area contributed by atoms with Crippen molar-refractivity contribution in [2.24, 2.45) is 23.3 Å². The molecule has 2 aliphatic heterocycles. The molecule has 0 spiro atoms. The minimum Gasteiger partial charge on any atom is -0.370 e. The lowest BCUT2D eigenvalue weighted by Gasteiger charge is -2.30. The molecule has 1 aliphatic carbocycles. The van der Waals surface area contributed by atoms with E-state index in [0.29, 0.717) is 43.9 Å². The highest BCUT2D eigenvalue weighted by Gasteiger charge is 2.42. The molecule has 3 fully saturated rings. The molecule has 0 aromatic carbocycles. The third-order valence-corrected chi connectivity index (χ3v) is 12.5. The molecular weight excluding hydrogens is 819 g/mol. The summed E-state index contributed by atoms with van der Waals surface area (Å²) in [6.07, 6.45) is 7.37. The Morgan fingerprint density at radius 3 is 2.15 bits per heavy atom.